The zero-order valence-electron chi connectivity index (χ0n) is 12.2. The first-order valence-corrected chi connectivity index (χ1v) is 9.11. The highest BCUT2D eigenvalue weighted by Crippen LogP contribution is 2.35. The Morgan fingerprint density at radius 1 is 1.32 bits per heavy atom. The van der Waals surface area contributed by atoms with Gasteiger partial charge in [-0.05, 0) is 44.0 Å². The largest absolute Gasteiger partial charge is 0.478 e. The summed E-state index contributed by atoms with van der Waals surface area (Å²) in [6.45, 7) is 0. The Morgan fingerprint density at radius 2 is 1.96 bits per heavy atom. The van der Waals surface area contributed by atoms with Crippen molar-refractivity contribution in [3.63, 3.8) is 0 Å². The predicted molar refractivity (Wildman–Crippen MR) is 99.0 cm³/mol. The molecule has 2 N–H and O–H groups in total. The number of hydrogen-bond acceptors (Lipinski definition) is 6. The maximum atomic E-state index is 12.1. The van der Waals surface area contributed by atoms with E-state index in [4.69, 9.17) is 5.11 Å². The van der Waals surface area contributed by atoms with E-state index in [1.165, 1.54) is 30.5 Å². The Bertz CT molecular complexity index is 839. The van der Waals surface area contributed by atoms with Gasteiger partial charge in [0.05, 0.1) is 21.9 Å². The lowest BCUT2D eigenvalue weighted by Crippen LogP contribution is -2.15. The molecule has 0 aliphatic carbocycles. The van der Waals surface area contributed by atoms with Gasteiger partial charge in [0.2, 0.25) is 5.91 Å². The van der Waals surface area contributed by atoms with Crippen molar-refractivity contribution in [2.24, 2.45) is 0 Å². The van der Waals surface area contributed by atoms with Gasteiger partial charge in [-0.25, -0.2) is 9.78 Å². The number of aromatic carboxylic acids is 1. The third-order valence-electron chi connectivity index (χ3n) is 2.84. The number of halogens is 2. The Labute approximate surface area is 162 Å². The van der Waals surface area contributed by atoms with Crippen LogP contribution in [0.3, 0.4) is 0 Å². The molecule has 0 aliphatic rings. The highest BCUT2D eigenvalue weighted by molar-refractivity contribution is 9.11. The molecule has 0 aliphatic heterocycles. The number of rotatable bonds is 6. The van der Waals surface area contributed by atoms with Crippen LogP contribution in [-0.4, -0.2) is 32.6 Å². The number of carbonyl (C=O) groups is 2. The molecule has 25 heavy (non-hydrogen) atoms. The van der Waals surface area contributed by atoms with Crippen molar-refractivity contribution in [1.29, 1.82) is 0 Å². The Morgan fingerprint density at radius 3 is 2.52 bits per heavy atom. The van der Waals surface area contributed by atoms with E-state index in [0.29, 0.717) is 14.6 Å². The van der Waals surface area contributed by atoms with Crippen LogP contribution < -0.4 is 5.32 Å². The van der Waals surface area contributed by atoms with E-state index in [1.807, 2.05) is 0 Å². The van der Waals surface area contributed by atoms with E-state index in [0.717, 1.165) is 11.8 Å². The van der Waals surface area contributed by atoms with Crippen molar-refractivity contribution in [3.05, 3.63) is 55.1 Å². The molecule has 8 nitrogen and oxygen atoms in total. The number of aromatic nitrogens is 1. The van der Waals surface area contributed by atoms with Gasteiger partial charge in [-0.15, -0.1) is 0 Å². The van der Waals surface area contributed by atoms with Crippen LogP contribution in [0.2, 0.25) is 0 Å². The molecule has 1 aromatic heterocycles. The maximum absolute atomic E-state index is 12.1. The molecule has 1 heterocycles. The molecule has 2 aromatic rings. The first kappa shape index (κ1) is 19.3. The Kier molecular flexibility index (Phi) is 6.51. The number of nitrogens with one attached hydrogen (secondary N) is 1. The number of pyridine rings is 1. The normalized spacial score (nSPS) is 10.3. The molecule has 0 saturated heterocycles. The zero-order chi connectivity index (χ0) is 18.6. The summed E-state index contributed by atoms with van der Waals surface area (Å²) in [5.74, 6) is -1.62. The van der Waals surface area contributed by atoms with E-state index in [1.54, 1.807) is 0 Å². The number of thioether (sulfide) groups is 1. The molecule has 0 spiro atoms. The second-order valence-electron chi connectivity index (χ2n) is 4.54. The van der Waals surface area contributed by atoms with Crippen molar-refractivity contribution < 1.29 is 19.6 Å². The molecule has 11 heteroatoms. The van der Waals surface area contributed by atoms with Crippen LogP contribution in [0.4, 0.5) is 11.4 Å². The summed E-state index contributed by atoms with van der Waals surface area (Å²) in [6.07, 6.45) is 1.44. The standard InChI is InChI=1S/C14H9Br2N3O5S/c15-9-4-7(19(23)24)5-10(16)12(9)18-11(20)6-25-13-8(14(21)22)2-1-3-17-13/h1-5H,6H2,(H,18,20)(H,21,22). The molecule has 0 atom stereocenters. The number of nitro groups is 1. The minimum atomic E-state index is -1.13. The van der Waals surface area contributed by atoms with E-state index in [2.05, 4.69) is 42.2 Å². The fourth-order valence-electron chi connectivity index (χ4n) is 1.76. The molecule has 0 bridgehead atoms. The average molecular weight is 491 g/mol. The highest BCUT2D eigenvalue weighted by atomic mass is 79.9. The predicted octanol–water partition coefficient (Wildman–Crippen LogP) is 3.94. The van der Waals surface area contributed by atoms with Crippen LogP contribution in [0.15, 0.2) is 44.4 Å². The van der Waals surface area contributed by atoms with E-state index in [9.17, 15) is 19.7 Å². The van der Waals surface area contributed by atoms with Crippen molar-refractivity contribution in [2.45, 2.75) is 5.03 Å². The number of nitro benzene ring substituents is 1. The maximum Gasteiger partial charge on any atom is 0.338 e. The molecule has 1 aromatic carbocycles. The zero-order valence-corrected chi connectivity index (χ0v) is 16.2. The van der Waals surface area contributed by atoms with Crippen molar-refractivity contribution in [1.82, 2.24) is 4.98 Å². The smallest absolute Gasteiger partial charge is 0.338 e. The van der Waals surface area contributed by atoms with Crippen molar-refractivity contribution in [2.75, 3.05) is 11.1 Å². The molecule has 0 saturated carbocycles. The summed E-state index contributed by atoms with van der Waals surface area (Å²) >= 11 is 7.33. The molecule has 0 radical (unpaired) electrons. The summed E-state index contributed by atoms with van der Waals surface area (Å²) in [4.78, 5) is 37.4. The summed E-state index contributed by atoms with van der Waals surface area (Å²) in [7, 11) is 0. The van der Waals surface area contributed by atoms with E-state index in [-0.39, 0.29) is 22.0 Å². The van der Waals surface area contributed by atoms with Gasteiger partial charge in [0.25, 0.3) is 5.69 Å². The molecule has 0 fully saturated rings. The Hall–Kier alpha value is -1.98. The minimum Gasteiger partial charge on any atom is -0.478 e. The minimum absolute atomic E-state index is 0.0120. The van der Waals surface area contributed by atoms with Gasteiger partial charge in [-0.2, -0.15) is 0 Å². The van der Waals surface area contributed by atoms with Gasteiger partial charge in [0, 0.05) is 27.3 Å². The fourth-order valence-corrected chi connectivity index (χ4v) is 3.91. The molecular formula is C14H9Br2N3O5S. The van der Waals surface area contributed by atoms with Crippen molar-refractivity contribution >= 4 is 66.9 Å². The van der Waals surface area contributed by atoms with Gasteiger partial charge in [0.1, 0.15) is 5.03 Å². The SMILES string of the molecule is O=C(CSc1ncccc1C(=O)O)Nc1c(Br)cc([N+](=O)[O-])cc1Br. The number of carboxylic acids is 1. The first-order chi connectivity index (χ1) is 11.8. The van der Waals surface area contributed by atoms with Crippen LogP contribution in [-0.2, 0) is 4.79 Å². The van der Waals surface area contributed by atoms with E-state index >= 15 is 0 Å². The third-order valence-corrected chi connectivity index (χ3v) is 5.10. The quantitative estimate of drug-likeness (QED) is 0.357. The van der Waals surface area contributed by atoms with Crippen LogP contribution in [0.5, 0.6) is 0 Å². The number of hydrogen-bond donors (Lipinski definition) is 2. The fraction of sp³-hybridized carbons (Fsp3) is 0.0714. The lowest BCUT2D eigenvalue weighted by atomic mass is 10.3. The molecule has 0 unspecified atom stereocenters. The average Bonchev–Trinajstić information content (AvgIpc) is 2.56. The molecule has 1 amide bonds. The summed E-state index contributed by atoms with van der Waals surface area (Å²) in [6, 6.07) is 5.45. The summed E-state index contributed by atoms with van der Waals surface area (Å²) in [5.41, 5.74) is 0.222. The molecule has 130 valence electrons. The van der Waals surface area contributed by atoms with Crippen molar-refractivity contribution in [3.8, 4) is 0 Å². The monoisotopic (exact) mass is 489 g/mol. The number of amides is 1. The van der Waals surface area contributed by atoms with Gasteiger partial charge in [0.15, 0.2) is 0 Å². The second kappa shape index (κ2) is 8.41. The molecule has 2 rings (SSSR count). The number of carboxylic acid groups (broad SMARTS) is 1. The second-order valence-corrected chi connectivity index (χ2v) is 7.21. The van der Waals surface area contributed by atoms with Crippen LogP contribution in [0.25, 0.3) is 0 Å². The van der Waals surface area contributed by atoms with Gasteiger partial charge in [-0.3, -0.25) is 14.9 Å². The van der Waals surface area contributed by atoms with Gasteiger partial charge < -0.3 is 10.4 Å². The Balaban J connectivity index is 2.09. The third kappa shape index (κ3) is 5.00. The van der Waals surface area contributed by atoms with Gasteiger partial charge in [-0.1, -0.05) is 11.8 Å². The molecular weight excluding hydrogens is 482 g/mol. The summed E-state index contributed by atoms with van der Waals surface area (Å²) in [5, 5.41) is 22.7. The van der Waals surface area contributed by atoms with Gasteiger partial charge >= 0.3 is 5.97 Å². The number of carbonyl (C=O) groups excluding carboxylic acids is 1. The lowest BCUT2D eigenvalue weighted by molar-refractivity contribution is -0.385. The number of benzene rings is 1. The van der Waals surface area contributed by atoms with Crippen LogP contribution in [0.1, 0.15) is 10.4 Å². The number of anilines is 1. The highest BCUT2D eigenvalue weighted by Gasteiger charge is 2.17. The number of nitrogens with zero attached hydrogens (tertiary/aromatic N) is 2. The number of non-ortho nitro benzene ring substituents is 1. The van der Waals surface area contributed by atoms with Crippen LogP contribution >= 0.6 is 43.6 Å². The lowest BCUT2D eigenvalue weighted by Gasteiger charge is -2.10. The summed E-state index contributed by atoms with van der Waals surface area (Å²) < 4.78 is 0.687. The topological polar surface area (TPSA) is 122 Å². The van der Waals surface area contributed by atoms with E-state index < -0.39 is 16.8 Å². The first-order valence-electron chi connectivity index (χ1n) is 6.54. The van der Waals surface area contributed by atoms with Crippen LogP contribution in [0, 0.1) is 10.1 Å².